The van der Waals surface area contributed by atoms with Crippen molar-refractivity contribution in [2.75, 3.05) is 26.6 Å². The Labute approximate surface area is 78.7 Å². The average molecular weight is 181 g/mol. The molecular weight excluding hydrogens is 166 g/mol. The molecule has 13 heavy (non-hydrogen) atoms. The van der Waals surface area contributed by atoms with Crippen molar-refractivity contribution in [2.45, 2.75) is 6.92 Å². The number of anilines is 1. The Morgan fingerprint density at radius 3 is 2.31 bits per heavy atom. The monoisotopic (exact) mass is 181 g/mol. The lowest BCUT2D eigenvalue weighted by Gasteiger charge is -2.12. The van der Waals surface area contributed by atoms with Crippen LogP contribution in [0, 0.1) is 6.92 Å². The molecule has 0 aromatic heterocycles. The Balaban J connectivity index is 3.20. The van der Waals surface area contributed by atoms with E-state index in [1.54, 1.807) is 14.2 Å². The molecule has 1 N–H and O–H groups in total. The number of nitrogens with one attached hydrogen (secondary N) is 1. The molecule has 0 saturated heterocycles. The van der Waals surface area contributed by atoms with Crippen molar-refractivity contribution in [3.63, 3.8) is 0 Å². The minimum Gasteiger partial charge on any atom is -0.493 e. The third kappa shape index (κ3) is 1.86. The van der Waals surface area contributed by atoms with E-state index in [1.165, 1.54) is 0 Å². The summed E-state index contributed by atoms with van der Waals surface area (Å²) >= 11 is 0. The lowest BCUT2D eigenvalue weighted by molar-refractivity contribution is 0.353. The van der Waals surface area contributed by atoms with Crippen LogP contribution in [-0.4, -0.2) is 21.3 Å². The molecule has 1 aromatic rings. The molecule has 0 fully saturated rings. The van der Waals surface area contributed by atoms with Crippen LogP contribution in [-0.2, 0) is 0 Å². The highest BCUT2D eigenvalue weighted by atomic mass is 16.5. The highest BCUT2D eigenvalue weighted by Gasteiger charge is 2.07. The molecule has 3 nitrogen and oxygen atoms in total. The third-order valence-corrected chi connectivity index (χ3v) is 1.95. The zero-order valence-electron chi connectivity index (χ0n) is 8.47. The Morgan fingerprint density at radius 1 is 1.15 bits per heavy atom. The zero-order valence-corrected chi connectivity index (χ0v) is 8.47. The first-order valence-electron chi connectivity index (χ1n) is 4.13. The standard InChI is InChI=1S/C10H15NO2/c1-7-5-8(11-2)6-9(12-3)10(7)13-4/h5-6,11H,1-4H3. The van der Waals surface area contributed by atoms with Crippen LogP contribution in [0.15, 0.2) is 12.1 Å². The van der Waals surface area contributed by atoms with Gasteiger partial charge in [-0.25, -0.2) is 0 Å². The van der Waals surface area contributed by atoms with E-state index in [0.29, 0.717) is 0 Å². The molecule has 0 saturated carbocycles. The van der Waals surface area contributed by atoms with E-state index >= 15 is 0 Å². The van der Waals surface area contributed by atoms with E-state index in [9.17, 15) is 0 Å². The number of methoxy groups -OCH3 is 2. The quantitative estimate of drug-likeness (QED) is 0.774. The van der Waals surface area contributed by atoms with Crippen molar-refractivity contribution in [2.24, 2.45) is 0 Å². The van der Waals surface area contributed by atoms with Gasteiger partial charge in [0.2, 0.25) is 0 Å². The molecule has 1 aromatic carbocycles. The Hall–Kier alpha value is -1.38. The van der Waals surface area contributed by atoms with Gasteiger partial charge in [0.1, 0.15) is 0 Å². The second-order valence-corrected chi connectivity index (χ2v) is 2.78. The Morgan fingerprint density at radius 2 is 1.85 bits per heavy atom. The summed E-state index contributed by atoms with van der Waals surface area (Å²) < 4.78 is 10.4. The lowest BCUT2D eigenvalue weighted by atomic mass is 10.2. The SMILES string of the molecule is CNc1cc(C)c(OC)c(OC)c1. The van der Waals surface area contributed by atoms with Gasteiger partial charge in [0.25, 0.3) is 0 Å². The van der Waals surface area contributed by atoms with Gasteiger partial charge < -0.3 is 14.8 Å². The van der Waals surface area contributed by atoms with Gasteiger partial charge in [0.05, 0.1) is 14.2 Å². The predicted molar refractivity (Wildman–Crippen MR) is 53.8 cm³/mol. The van der Waals surface area contributed by atoms with Gasteiger partial charge in [-0.1, -0.05) is 0 Å². The maximum absolute atomic E-state index is 5.21. The molecule has 0 unspecified atom stereocenters. The smallest absolute Gasteiger partial charge is 0.163 e. The molecule has 0 atom stereocenters. The zero-order chi connectivity index (χ0) is 9.84. The van der Waals surface area contributed by atoms with Crippen LogP contribution in [0.2, 0.25) is 0 Å². The van der Waals surface area contributed by atoms with E-state index in [-0.39, 0.29) is 0 Å². The lowest BCUT2D eigenvalue weighted by Crippen LogP contribution is -1.96. The van der Waals surface area contributed by atoms with Crippen molar-refractivity contribution in [3.8, 4) is 11.5 Å². The molecule has 0 aliphatic carbocycles. The number of ether oxygens (including phenoxy) is 2. The fourth-order valence-electron chi connectivity index (χ4n) is 1.30. The first-order valence-corrected chi connectivity index (χ1v) is 4.13. The van der Waals surface area contributed by atoms with Crippen LogP contribution in [0.5, 0.6) is 11.5 Å². The fourth-order valence-corrected chi connectivity index (χ4v) is 1.30. The summed E-state index contributed by atoms with van der Waals surface area (Å²) in [5, 5.41) is 3.06. The second-order valence-electron chi connectivity index (χ2n) is 2.78. The molecule has 1 rings (SSSR count). The second kappa shape index (κ2) is 4.03. The molecule has 0 amide bonds. The highest BCUT2D eigenvalue weighted by molar-refractivity contribution is 5.58. The van der Waals surface area contributed by atoms with E-state index in [1.807, 2.05) is 26.1 Å². The molecule has 0 bridgehead atoms. The predicted octanol–water partition coefficient (Wildman–Crippen LogP) is 2.05. The molecule has 0 aliphatic rings. The molecule has 0 radical (unpaired) electrons. The number of aryl methyl sites for hydroxylation is 1. The summed E-state index contributed by atoms with van der Waals surface area (Å²) in [6.45, 7) is 1.99. The van der Waals surface area contributed by atoms with Gasteiger partial charge in [0, 0.05) is 18.8 Å². The normalized spacial score (nSPS) is 9.54. The number of rotatable bonds is 3. The maximum atomic E-state index is 5.21. The summed E-state index contributed by atoms with van der Waals surface area (Å²) in [7, 11) is 5.15. The van der Waals surface area contributed by atoms with Crippen molar-refractivity contribution in [3.05, 3.63) is 17.7 Å². The third-order valence-electron chi connectivity index (χ3n) is 1.95. The van der Waals surface area contributed by atoms with Crippen molar-refractivity contribution < 1.29 is 9.47 Å². The Kier molecular flexibility index (Phi) is 3.01. The summed E-state index contributed by atoms with van der Waals surface area (Å²) in [6.07, 6.45) is 0. The minimum atomic E-state index is 0.756. The molecule has 0 spiro atoms. The van der Waals surface area contributed by atoms with E-state index in [0.717, 1.165) is 22.7 Å². The van der Waals surface area contributed by atoms with E-state index in [4.69, 9.17) is 9.47 Å². The van der Waals surface area contributed by atoms with Gasteiger partial charge in [-0.3, -0.25) is 0 Å². The largest absolute Gasteiger partial charge is 0.493 e. The van der Waals surface area contributed by atoms with E-state index < -0.39 is 0 Å². The van der Waals surface area contributed by atoms with Gasteiger partial charge >= 0.3 is 0 Å². The van der Waals surface area contributed by atoms with Gasteiger partial charge in [-0.15, -0.1) is 0 Å². The van der Waals surface area contributed by atoms with Gasteiger partial charge in [-0.05, 0) is 18.6 Å². The van der Waals surface area contributed by atoms with Gasteiger partial charge in [-0.2, -0.15) is 0 Å². The molecule has 3 heteroatoms. The molecule has 72 valence electrons. The van der Waals surface area contributed by atoms with Crippen LogP contribution < -0.4 is 14.8 Å². The van der Waals surface area contributed by atoms with E-state index in [2.05, 4.69) is 5.32 Å². The number of hydrogen-bond donors (Lipinski definition) is 1. The van der Waals surface area contributed by atoms with Gasteiger partial charge in [0.15, 0.2) is 11.5 Å². The Bertz CT molecular complexity index is 297. The molecule has 0 heterocycles. The van der Waals surface area contributed by atoms with Crippen LogP contribution in [0.25, 0.3) is 0 Å². The van der Waals surface area contributed by atoms with Crippen LogP contribution >= 0.6 is 0 Å². The van der Waals surface area contributed by atoms with Crippen molar-refractivity contribution in [1.29, 1.82) is 0 Å². The van der Waals surface area contributed by atoms with Crippen LogP contribution in [0.1, 0.15) is 5.56 Å². The molecular formula is C10H15NO2. The summed E-state index contributed by atoms with van der Waals surface area (Å²) in [5.41, 5.74) is 2.08. The first-order chi connectivity index (χ1) is 6.22. The topological polar surface area (TPSA) is 30.5 Å². The average Bonchev–Trinajstić information content (AvgIpc) is 2.16. The summed E-state index contributed by atoms with van der Waals surface area (Å²) in [5.74, 6) is 1.55. The first kappa shape index (κ1) is 9.71. The maximum Gasteiger partial charge on any atom is 0.163 e. The van der Waals surface area contributed by atoms with Crippen LogP contribution in [0.4, 0.5) is 5.69 Å². The van der Waals surface area contributed by atoms with Crippen LogP contribution in [0.3, 0.4) is 0 Å². The molecule has 0 aliphatic heterocycles. The number of hydrogen-bond acceptors (Lipinski definition) is 3. The summed E-state index contributed by atoms with van der Waals surface area (Å²) in [6, 6.07) is 3.92. The minimum absolute atomic E-state index is 0.756. The highest BCUT2D eigenvalue weighted by Crippen LogP contribution is 2.33. The van der Waals surface area contributed by atoms with Crippen molar-refractivity contribution in [1.82, 2.24) is 0 Å². The van der Waals surface area contributed by atoms with Crippen molar-refractivity contribution >= 4 is 5.69 Å². The fraction of sp³-hybridized carbons (Fsp3) is 0.400. The summed E-state index contributed by atoms with van der Waals surface area (Å²) in [4.78, 5) is 0. The number of benzene rings is 1.